The van der Waals surface area contributed by atoms with Crippen molar-refractivity contribution in [1.29, 1.82) is 0 Å². The number of aryl methyl sites for hydroxylation is 1. The van der Waals surface area contributed by atoms with Crippen molar-refractivity contribution in [2.75, 3.05) is 12.0 Å². The van der Waals surface area contributed by atoms with Crippen molar-refractivity contribution in [2.24, 2.45) is 0 Å². The molecule has 1 fully saturated rings. The Hall–Kier alpha value is -3.45. The van der Waals surface area contributed by atoms with E-state index in [4.69, 9.17) is 4.74 Å². The summed E-state index contributed by atoms with van der Waals surface area (Å²) in [6.45, 7) is 1.98. The number of benzene rings is 2. The minimum absolute atomic E-state index is 0.103. The zero-order chi connectivity index (χ0) is 24.8. The van der Waals surface area contributed by atoms with E-state index in [0.717, 1.165) is 36.1 Å². The van der Waals surface area contributed by atoms with Crippen molar-refractivity contribution in [1.82, 2.24) is 5.32 Å². The molecular weight excluding hydrogens is 460 g/mol. The summed E-state index contributed by atoms with van der Waals surface area (Å²) in [6.07, 6.45) is 4.20. The van der Waals surface area contributed by atoms with Gasteiger partial charge in [0, 0.05) is 16.6 Å². The van der Waals surface area contributed by atoms with E-state index in [0.29, 0.717) is 16.8 Å². The summed E-state index contributed by atoms with van der Waals surface area (Å²) in [6, 6.07) is 17.4. The van der Waals surface area contributed by atoms with E-state index in [9.17, 15) is 14.4 Å². The standard InChI is InChI=1S/C28H30N2O4S/c1-19-12-14-20(15-13-19)26(27(32)29-22-8-3-4-9-22)30(25(31)18-24-11-6-16-35-24)23-10-5-7-21(17-23)28(33)34-2/h5-7,10-17,22,26H,3-4,8-9,18H2,1-2H3,(H,29,32)/t26-/m1/s1. The molecule has 2 aromatic carbocycles. The molecule has 0 spiro atoms. The second-order valence-corrected chi connectivity index (χ2v) is 9.90. The predicted molar refractivity (Wildman–Crippen MR) is 138 cm³/mol. The summed E-state index contributed by atoms with van der Waals surface area (Å²) in [7, 11) is 1.32. The van der Waals surface area contributed by atoms with Crippen molar-refractivity contribution in [2.45, 2.75) is 51.1 Å². The maximum Gasteiger partial charge on any atom is 0.337 e. The molecule has 6 nitrogen and oxygen atoms in total. The van der Waals surface area contributed by atoms with Gasteiger partial charge in [-0.3, -0.25) is 14.5 Å². The molecule has 0 bridgehead atoms. The Morgan fingerprint density at radius 2 is 1.80 bits per heavy atom. The van der Waals surface area contributed by atoms with Gasteiger partial charge < -0.3 is 10.1 Å². The quantitative estimate of drug-likeness (QED) is 0.440. The van der Waals surface area contributed by atoms with E-state index in [1.54, 1.807) is 24.3 Å². The minimum Gasteiger partial charge on any atom is -0.465 e. The van der Waals surface area contributed by atoms with E-state index >= 15 is 0 Å². The second-order valence-electron chi connectivity index (χ2n) is 8.86. The maximum atomic E-state index is 13.8. The number of ether oxygens (including phenoxy) is 1. The molecule has 1 aliphatic carbocycles. The molecule has 1 aromatic heterocycles. The third kappa shape index (κ3) is 5.98. The molecule has 2 amide bonds. The SMILES string of the molecule is COC(=O)c1cccc(N(C(=O)Cc2cccs2)[C@@H](C(=O)NC2CCCC2)c2ccc(C)cc2)c1. The number of rotatable bonds is 8. The highest BCUT2D eigenvalue weighted by molar-refractivity contribution is 7.10. The van der Waals surface area contributed by atoms with Crippen LogP contribution >= 0.6 is 11.3 Å². The Bertz CT molecular complexity index is 1170. The van der Waals surface area contributed by atoms with Crippen LogP contribution in [0, 0.1) is 6.92 Å². The summed E-state index contributed by atoms with van der Waals surface area (Å²) in [5.41, 5.74) is 2.57. The van der Waals surface area contributed by atoms with Gasteiger partial charge in [0.05, 0.1) is 19.1 Å². The van der Waals surface area contributed by atoms with E-state index in [1.807, 2.05) is 48.7 Å². The highest BCUT2D eigenvalue weighted by Crippen LogP contribution is 2.31. The van der Waals surface area contributed by atoms with Crippen molar-refractivity contribution >= 4 is 34.8 Å². The number of thiophene rings is 1. The average molecular weight is 491 g/mol. The van der Waals surface area contributed by atoms with Gasteiger partial charge in [-0.1, -0.05) is 54.8 Å². The zero-order valence-electron chi connectivity index (χ0n) is 20.0. The molecule has 1 atom stereocenters. The molecule has 1 aliphatic rings. The molecule has 1 saturated carbocycles. The first kappa shape index (κ1) is 24.7. The largest absolute Gasteiger partial charge is 0.465 e. The van der Waals surface area contributed by atoms with Crippen molar-refractivity contribution < 1.29 is 19.1 Å². The smallest absolute Gasteiger partial charge is 0.337 e. The minimum atomic E-state index is -0.878. The van der Waals surface area contributed by atoms with Crippen LogP contribution in [0.1, 0.15) is 58.1 Å². The molecule has 35 heavy (non-hydrogen) atoms. The monoisotopic (exact) mass is 490 g/mol. The van der Waals surface area contributed by atoms with Crippen LogP contribution in [0.25, 0.3) is 0 Å². The number of methoxy groups -OCH3 is 1. The Kier molecular flexibility index (Phi) is 7.98. The second kappa shape index (κ2) is 11.3. The summed E-state index contributed by atoms with van der Waals surface area (Å²) >= 11 is 1.50. The van der Waals surface area contributed by atoms with Gasteiger partial charge in [-0.2, -0.15) is 0 Å². The number of carbonyl (C=O) groups is 3. The van der Waals surface area contributed by atoms with Crippen LogP contribution in [0.2, 0.25) is 0 Å². The molecule has 1 heterocycles. The van der Waals surface area contributed by atoms with E-state index < -0.39 is 12.0 Å². The average Bonchev–Trinajstić information content (AvgIpc) is 3.57. The van der Waals surface area contributed by atoms with Gasteiger partial charge in [0.2, 0.25) is 11.8 Å². The summed E-state index contributed by atoms with van der Waals surface area (Å²) in [4.78, 5) is 42.3. The van der Waals surface area contributed by atoms with Crippen LogP contribution in [0.3, 0.4) is 0 Å². The first-order valence-electron chi connectivity index (χ1n) is 11.9. The molecule has 182 valence electrons. The Morgan fingerprint density at radius 1 is 1.06 bits per heavy atom. The van der Waals surface area contributed by atoms with E-state index in [-0.39, 0.29) is 24.3 Å². The Morgan fingerprint density at radius 3 is 2.46 bits per heavy atom. The highest BCUT2D eigenvalue weighted by atomic mass is 32.1. The first-order valence-corrected chi connectivity index (χ1v) is 12.7. The van der Waals surface area contributed by atoms with E-state index in [1.165, 1.54) is 23.3 Å². The van der Waals surface area contributed by atoms with Crippen LogP contribution in [0.4, 0.5) is 5.69 Å². The fourth-order valence-corrected chi connectivity index (χ4v) is 5.20. The number of nitrogens with one attached hydrogen (secondary N) is 1. The van der Waals surface area contributed by atoms with Gasteiger partial charge in [-0.15, -0.1) is 11.3 Å². The van der Waals surface area contributed by atoms with Gasteiger partial charge in [0.15, 0.2) is 0 Å². The molecule has 0 saturated heterocycles. The van der Waals surface area contributed by atoms with Gasteiger partial charge >= 0.3 is 5.97 Å². The third-order valence-corrected chi connectivity index (χ3v) is 7.20. The van der Waals surface area contributed by atoms with Gasteiger partial charge in [-0.25, -0.2) is 4.79 Å². The summed E-state index contributed by atoms with van der Waals surface area (Å²) in [5.74, 6) is -0.940. The van der Waals surface area contributed by atoms with E-state index in [2.05, 4.69) is 5.32 Å². The Labute approximate surface area is 209 Å². The molecule has 3 aromatic rings. The number of esters is 1. The fraction of sp³-hybridized carbons (Fsp3) is 0.321. The van der Waals surface area contributed by atoms with Crippen LogP contribution in [-0.4, -0.2) is 30.9 Å². The number of nitrogens with zero attached hydrogens (tertiary/aromatic N) is 1. The lowest BCUT2D eigenvalue weighted by molar-refractivity contribution is -0.127. The topological polar surface area (TPSA) is 75.7 Å². The third-order valence-electron chi connectivity index (χ3n) is 6.32. The molecule has 0 aliphatic heterocycles. The molecular formula is C28H30N2O4S. The summed E-state index contributed by atoms with van der Waals surface area (Å²) < 4.78 is 4.89. The van der Waals surface area contributed by atoms with Crippen LogP contribution < -0.4 is 10.2 Å². The molecule has 0 radical (unpaired) electrons. The fourth-order valence-electron chi connectivity index (χ4n) is 4.50. The van der Waals surface area contributed by atoms with Crippen molar-refractivity contribution in [3.8, 4) is 0 Å². The number of anilines is 1. The van der Waals surface area contributed by atoms with Gasteiger partial charge in [0.1, 0.15) is 6.04 Å². The Balaban J connectivity index is 1.79. The van der Waals surface area contributed by atoms with Crippen molar-refractivity contribution in [3.63, 3.8) is 0 Å². The van der Waals surface area contributed by atoms with Gasteiger partial charge in [-0.05, 0) is 55.0 Å². The molecule has 0 unspecified atom stereocenters. The lowest BCUT2D eigenvalue weighted by atomic mass is 10.00. The van der Waals surface area contributed by atoms with Crippen LogP contribution in [-0.2, 0) is 20.7 Å². The maximum absolute atomic E-state index is 13.8. The summed E-state index contributed by atoms with van der Waals surface area (Å²) in [5, 5.41) is 5.11. The normalized spacial score (nSPS) is 14.3. The van der Waals surface area contributed by atoms with Crippen LogP contribution in [0.5, 0.6) is 0 Å². The van der Waals surface area contributed by atoms with Crippen LogP contribution in [0.15, 0.2) is 66.0 Å². The first-order chi connectivity index (χ1) is 17.0. The predicted octanol–water partition coefficient (Wildman–Crippen LogP) is 5.22. The number of amides is 2. The molecule has 4 rings (SSSR count). The van der Waals surface area contributed by atoms with Gasteiger partial charge in [0.25, 0.3) is 0 Å². The number of hydrogen-bond acceptors (Lipinski definition) is 5. The number of hydrogen-bond donors (Lipinski definition) is 1. The van der Waals surface area contributed by atoms with Crippen molar-refractivity contribution in [3.05, 3.63) is 87.6 Å². The molecule has 1 N–H and O–H groups in total. The zero-order valence-corrected chi connectivity index (χ0v) is 20.8. The molecule has 7 heteroatoms. The number of carbonyl (C=O) groups excluding carboxylic acids is 3. The lowest BCUT2D eigenvalue weighted by Crippen LogP contribution is -2.47. The highest BCUT2D eigenvalue weighted by Gasteiger charge is 2.34. The lowest BCUT2D eigenvalue weighted by Gasteiger charge is -2.32.